The van der Waals surface area contributed by atoms with Gasteiger partial charge in [-0.2, -0.15) is 0 Å². The molecule has 0 aliphatic rings. The van der Waals surface area contributed by atoms with Crippen molar-refractivity contribution in [1.29, 1.82) is 0 Å². The summed E-state index contributed by atoms with van der Waals surface area (Å²) in [5.74, 6) is 0. The highest BCUT2D eigenvalue weighted by atomic mass is 16.3. The van der Waals surface area contributed by atoms with Crippen LogP contribution >= 0.6 is 0 Å². The summed E-state index contributed by atoms with van der Waals surface area (Å²) < 4.78 is 8.61. The number of rotatable bonds is 8. The number of anilines is 3. The summed E-state index contributed by atoms with van der Waals surface area (Å²) >= 11 is 0. The molecule has 0 unspecified atom stereocenters. The average molecular weight is 805 g/mol. The monoisotopic (exact) mass is 804 g/mol. The van der Waals surface area contributed by atoms with Crippen molar-refractivity contribution >= 4 is 60.8 Å². The topological polar surface area (TPSA) is 21.3 Å². The van der Waals surface area contributed by atoms with Crippen molar-refractivity contribution in [1.82, 2.24) is 4.57 Å². The van der Waals surface area contributed by atoms with Gasteiger partial charge in [-0.05, 0) is 117 Å². The first-order valence-corrected chi connectivity index (χ1v) is 21.5. The van der Waals surface area contributed by atoms with Crippen LogP contribution in [0.5, 0.6) is 0 Å². The minimum Gasteiger partial charge on any atom is -0.456 e. The van der Waals surface area contributed by atoms with E-state index in [4.69, 9.17) is 4.42 Å². The van der Waals surface area contributed by atoms with E-state index in [1.54, 1.807) is 0 Å². The van der Waals surface area contributed by atoms with E-state index in [0.29, 0.717) is 0 Å². The molecule has 3 nitrogen and oxygen atoms in total. The van der Waals surface area contributed by atoms with E-state index >= 15 is 0 Å². The standard InChI is InChI=1S/C60H40N2O/c1-2-12-41(13-3-1)43-28-34-48(35-29-43)61(50-38-32-46(33-39-50)52-19-11-23-59-60(52)55-18-6-9-22-58(55)63-59)49-36-30-44(31-37-49)42-24-26-45(27-25-42)47-14-10-15-51(40-47)62-56-20-7-4-16-53(56)54-17-5-8-21-57(54)62/h1-40H. The highest BCUT2D eigenvalue weighted by Gasteiger charge is 2.17. The second-order valence-electron chi connectivity index (χ2n) is 16.1. The summed E-state index contributed by atoms with van der Waals surface area (Å²) in [4.78, 5) is 2.34. The lowest BCUT2D eigenvalue weighted by Gasteiger charge is -2.26. The van der Waals surface area contributed by atoms with Crippen molar-refractivity contribution in [3.05, 3.63) is 243 Å². The average Bonchev–Trinajstić information content (AvgIpc) is 3.91. The molecule has 10 aromatic carbocycles. The Balaban J connectivity index is 0.867. The van der Waals surface area contributed by atoms with Gasteiger partial charge in [0.1, 0.15) is 11.2 Å². The Morgan fingerprint density at radius 1 is 0.302 bits per heavy atom. The molecule has 0 radical (unpaired) electrons. The van der Waals surface area contributed by atoms with E-state index < -0.39 is 0 Å². The third-order valence-electron chi connectivity index (χ3n) is 12.4. The Bertz CT molecular complexity index is 3530. The van der Waals surface area contributed by atoms with Gasteiger partial charge in [0.15, 0.2) is 0 Å². The molecule has 12 aromatic rings. The smallest absolute Gasteiger partial charge is 0.136 e. The Hall–Kier alpha value is -8.40. The summed E-state index contributed by atoms with van der Waals surface area (Å²) in [6.07, 6.45) is 0. The minimum atomic E-state index is 0.900. The summed E-state index contributed by atoms with van der Waals surface area (Å²) in [7, 11) is 0. The Labute approximate surface area is 366 Å². The van der Waals surface area contributed by atoms with E-state index in [-0.39, 0.29) is 0 Å². The predicted molar refractivity (Wildman–Crippen MR) is 264 cm³/mol. The van der Waals surface area contributed by atoms with Crippen molar-refractivity contribution < 1.29 is 4.42 Å². The van der Waals surface area contributed by atoms with E-state index in [2.05, 4.69) is 240 Å². The van der Waals surface area contributed by atoms with Gasteiger partial charge in [0.2, 0.25) is 0 Å². The van der Waals surface area contributed by atoms with Gasteiger partial charge in [-0.15, -0.1) is 0 Å². The highest BCUT2D eigenvalue weighted by Crippen LogP contribution is 2.41. The van der Waals surface area contributed by atoms with Crippen molar-refractivity contribution in [3.8, 4) is 50.2 Å². The molecule has 3 heteroatoms. The first-order chi connectivity index (χ1) is 31.2. The van der Waals surface area contributed by atoms with Gasteiger partial charge in [-0.1, -0.05) is 170 Å². The fraction of sp³-hybridized carbons (Fsp3) is 0. The highest BCUT2D eigenvalue weighted by molar-refractivity contribution is 6.12. The minimum absolute atomic E-state index is 0.900. The number of hydrogen-bond acceptors (Lipinski definition) is 2. The van der Waals surface area contributed by atoms with Crippen LogP contribution in [0.3, 0.4) is 0 Å². The molecule has 296 valence electrons. The maximum atomic E-state index is 6.23. The predicted octanol–water partition coefficient (Wildman–Crippen LogP) is 16.8. The zero-order valence-corrected chi connectivity index (χ0v) is 34.4. The third kappa shape index (κ3) is 6.46. The van der Waals surface area contributed by atoms with Gasteiger partial charge in [-0.25, -0.2) is 0 Å². The molecule has 0 saturated carbocycles. The molecule has 2 heterocycles. The maximum absolute atomic E-state index is 6.23. The van der Waals surface area contributed by atoms with E-state index in [1.807, 2.05) is 12.1 Å². The van der Waals surface area contributed by atoms with Crippen LogP contribution in [0.4, 0.5) is 17.1 Å². The number of hydrogen-bond donors (Lipinski definition) is 0. The first-order valence-electron chi connectivity index (χ1n) is 21.5. The van der Waals surface area contributed by atoms with Crippen molar-refractivity contribution in [2.45, 2.75) is 0 Å². The number of para-hydroxylation sites is 3. The van der Waals surface area contributed by atoms with Gasteiger partial charge in [-0.3, -0.25) is 0 Å². The van der Waals surface area contributed by atoms with Crippen LogP contribution in [-0.2, 0) is 0 Å². The van der Waals surface area contributed by atoms with Crippen LogP contribution in [0.1, 0.15) is 0 Å². The van der Waals surface area contributed by atoms with Gasteiger partial charge >= 0.3 is 0 Å². The molecule has 2 aromatic heterocycles. The van der Waals surface area contributed by atoms with Gasteiger partial charge in [0.05, 0.1) is 11.0 Å². The fourth-order valence-electron chi connectivity index (χ4n) is 9.37. The summed E-state index contributed by atoms with van der Waals surface area (Å²) in [6, 6.07) is 87.0. The van der Waals surface area contributed by atoms with E-state index in [1.165, 1.54) is 55.2 Å². The quantitative estimate of drug-likeness (QED) is 0.153. The molecular weight excluding hydrogens is 765 g/mol. The second-order valence-corrected chi connectivity index (χ2v) is 16.1. The molecule has 0 N–H and O–H groups in total. The maximum Gasteiger partial charge on any atom is 0.136 e. The summed E-state index contributed by atoms with van der Waals surface area (Å²) in [5.41, 5.74) is 18.0. The van der Waals surface area contributed by atoms with Crippen molar-refractivity contribution in [2.75, 3.05) is 4.90 Å². The normalized spacial score (nSPS) is 11.5. The summed E-state index contributed by atoms with van der Waals surface area (Å²) in [5, 5.41) is 4.81. The molecule has 0 amide bonds. The van der Waals surface area contributed by atoms with Gasteiger partial charge in [0.25, 0.3) is 0 Å². The fourth-order valence-corrected chi connectivity index (χ4v) is 9.37. The molecule has 0 aliphatic carbocycles. The Kier molecular flexibility index (Phi) is 8.83. The molecular formula is C60H40N2O. The lowest BCUT2D eigenvalue weighted by atomic mass is 9.98. The number of nitrogens with zero attached hydrogens (tertiary/aromatic N) is 2. The van der Waals surface area contributed by atoms with Crippen LogP contribution in [-0.4, -0.2) is 4.57 Å². The molecule has 0 atom stereocenters. The Morgan fingerprint density at radius 2 is 0.730 bits per heavy atom. The molecule has 0 spiro atoms. The van der Waals surface area contributed by atoms with E-state index in [0.717, 1.165) is 55.8 Å². The van der Waals surface area contributed by atoms with Crippen LogP contribution in [0.2, 0.25) is 0 Å². The molecule has 0 fully saturated rings. The lowest BCUT2D eigenvalue weighted by molar-refractivity contribution is 0.669. The molecule has 63 heavy (non-hydrogen) atoms. The number of aromatic nitrogens is 1. The van der Waals surface area contributed by atoms with Crippen molar-refractivity contribution in [2.24, 2.45) is 0 Å². The van der Waals surface area contributed by atoms with E-state index in [9.17, 15) is 0 Å². The largest absolute Gasteiger partial charge is 0.456 e. The number of fused-ring (bicyclic) bond motifs is 6. The molecule has 0 aliphatic heterocycles. The molecule has 0 saturated heterocycles. The summed E-state index contributed by atoms with van der Waals surface area (Å²) in [6.45, 7) is 0. The zero-order chi connectivity index (χ0) is 41.7. The molecule has 12 rings (SSSR count). The SMILES string of the molecule is c1ccc(-c2ccc(N(c3ccc(-c4ccc(-c5cccc(-n6c7ccccc7c7ccccc76)c5)cc4)cc3)c3ccc(-c4cccc5oc6ccccc6c45)cc3)cc2)cc1. The zero-order valence-electron chi connectivity index (χ0n) is 34.4. The Morgan fingerprint density at radius 3 is 1.33 bits per heavy atom. The number of furan rings is 1. The van der Waals surface area contributed by atoms with Crippen molar-refractivity contribution in [3.63, 3.8) is 0 Å². The third-order valence-corrected chi connectivity index (χ3v) is 12.4. The molecule has 0 bridgehead atoms. The van der Waals surface area contributed by atoms with Gasteiger partial charge in [0, 0.05) is 44.3 Å². The second kappa shape index (κ2) is 15.3. The van der Waals surface area contributed by atoms with Crippen LogP contribution in [0.25, 0.3) is 93.9 Å². The van der Waals surface area contributed by atoms with Crippen LogP contribution in [0.15, 0.2) is 247 Å². The van der Waals surface area contributed by atoms with Crippen LogP contribution < -0.4 is 4.90 Å². The van der Waals surface area contributed by atoms with Gasteiger partial charge < -0.3 is 13.9 Å². The lowest BCUT2D eigenvalue weighted by Crippen LogP contribution is -2.09. The van der Waals surface area contributed by atoms with Crippen LogP contribution in [0, 0.1) is 0 Å². The first kappa shape index (κ1) is 36.5. The number of benzene rings is 10.